The molecule has 5 heteroatoms. The van der Waals surface area contributed by atoms with Gasteiger partial charge in [0.25, 0.3) is 0 Å². The highest BCUT2D eigenvalue weighted by Gasteiger charge is 2.32. The minimum Gasteiger partial charge on any atom is -0.481 e. The Morgan fingerprint density at radius 2 is 2.00 bits per heavy atom. The third kappa shape index (κ3) is 5.19. The maximum Gasteiger partial charge on any atom is 0.304 e. The fraction of sp³-hybridized carbons (Fsp3) is 0.857. The molecule has 2 unspecified atom stereocenters. The van der Waals surface area contributed by atoms with Gasteiger partial charge in [0.2, 0.25) is 5.91 Å². The van der Waals surface area contributed by atoms with Crippen LogP contribution in [0.4, 0.5) is 0 Å². The Hall–Kier alpha value is -1.10. The molecule has 1 aliphatic carbocycles. The van der Waals surface area contributed by atoms with Crippen molar-refractivity contribution in [2.45, 2.75) is 45.1 Å². The third-order valence-electron chi connectivity index (χ3n) is 4.03. The molecule has 1 saturated heterocycles. The van der Waals surface area contributed by atoms with Gasteiger partial charge in [-0.05, 0) is 24.7 Å². The van der Waals surface area contributed by atoms with E-state index in [1.165, 1.54) is 19.3 Å². The summed E-state index contributed by atoms with van der Waals surface area (Å²) < 4.78 is 0. The molecule has 1 amide bonds. The molecule has 2 atom stereocenters. The van der Waals surface area contributed by atoms with E-state index >= 15 is 0 Å². The van der Waals surface area contributed by atoms with E-state index in [2.05, 4.69) is 10.2 Å². The van der Waals surface area contributed by atoms with Crippen molar-refractivity contribution in [3.63, 3.8) is 0 Å². The van der Waals surface area contributed by atoms with Gasteiger partial charge in [-0.25, -0.2) is 0 Å². The molecule has 0 radical (unpaired) electrons. The third-order valence-corrected chi connectivity index (χ3v) is 4.03. The summed E-state index contributed by atoms with van der Waals surface area (Å²) in [5.74, 6) is 0.741. The summed E-state index contributed by atoms with van der Waals surface area (Å²) in [5.41, 5.74) is 0. The first-order valence-electron chi connectivity index (χ1n) is 7.24. The van der Waals surface area contributed by atoms with Gasteiger partial charge < -0.3 is 15.3 Å². The van der Waals surface area contributed by atoms with E-state index in [1.807, 2.05) is 0 Å². The van der Waals surface area contributed by atoms with Gasteiger partial charge in [0.15, 0.2) is 0 Å². The molecule has 2 aliphatic rings. The number of likely N-dealkylation sites (tertiary alicyclic amines) is 1. The average molecular weight is 268 g/mol. The van der Waals surface area contributed by atoms with E-state index < -0.39 is 5.97 Å². The second-order valence-electron chi connectivity index (χ2n) is 6.08. The Morgan fingerprint density at radius 1 is 1.26 bits per heavy atom. The molecule has 0 spiro atoms. The van der Waals surface area contributed by atoms with E-state index in [0.717, 1.165) is 25.4 Å². The Labute approximate surface area is 114 Å². The van der Waals surface area contributed by atoms with Crippen molar-refractivity contribution in [1.29, 1.82) is 0 Å². The number of carboxylic acid groups (broad SMARTS) is 1. The first kappa shape index (κ1) is 14.3. The van der Waals surface area contributed by atoms with Crippen LogP contribution in [-0.4, -0.2) is 47.6 Å². The van der Waals surface area contributed by atoms with Crippen LogP contribution in [0.25, 0.3) is 0 Å². The monoisotopic (exact) mass is 268 g/mol. The van der Waals surface area contributed by atoms with Crippen molar-refractivity contribution >= 4 is 11.9 Å². The van der Waals surface area contributed by atoms with E-state index in [0.29, 0.717) is 12.5 Å². The lowest BCUT2D eigenvalue weighted by atomic mass is 9.89. The minimum absolute atomic E-state index is 0.00950. The van der Waals surface area contributed by atoms with Gasteiger partial charge in [-0.2, -0.15) is 0 Å². The smallest absolute Gasteiger partial charge is 0.304 e. The summed E-state index contributed by atoms with van der Waals surface area (Å²) in [6, 6.07) is 0.184. The lowest BCUT2D eigenvalue weighted by molar-refractivity contribution is -0.137. The second kappa shape index (κ2) is 6.37. The molecular formula is C14H24N2O3. The minimum atomic E-state index is -0.750. The highest BCUT2D eigenvalue weighted by molar-refractivity contribution is 5.73. The molecule has 108 valence electrons. The lowest BCUT2D eigenvalue weighted by Gasteiger charge is -2.38. The van der Waals surface area contributed by atoms with Crippen molar-refractivity contribution in [1.82, 2.24) is 10.2 Å². The van der Waals surface area contributed by atoms with Crippen LogP contribution in [0.2, 0.25) is 0 Å². The fourth-order valence-corrected chi connectivity index (χ4v) is 3.13. The fourth-order valence-electron chi connectivity index (χ4n) is 3.13. The number of nitrogens with one attached hydrogen (secondary N) is 1. The zero-order valence-corrected chi connectivity index (χ0v) is 11.6. The van der Waals surface area contributed by atoms with Crippen LogP contribution >= 0.6 is 0 Å². The van der Waals surface area contributed by atoms with Crippen LogP contribution in [0, 0.1) is 11.8 Å². The topological polar surface area (TPSA) is 69.6 Å². The number of aliphatic carboxylic acids is 1. The van der Waals surface area contributed by atoms with Crippen molar-refractivity contribution in [3.05, 3.63) is 0 Å². The summed E-state index contributed by atoms with van der Waals surface area (Å²) in [4.78, 5) is 24.1. The van der Waals surface area contributed by atoms with Crippen LogP contribution in [0.3, 0.4) is 0 Å². The molecule has 0 aromatic carbocycles. The second-order valence-corrected chi connectivity index (χ2v) is 6.08. The van der Waals surface area contributed by atoms with Gasteiger partial charge in [-0.3, -0.25) is 9.59 Å². The predicted molar refractivity (Wildman–Crippen MR) is 71.7 cm³/mol. The summed E-state index contributed by atoms with van der Waals surface area (Å²) in [6.45, 7) is 3.91. The molecule has 2 fully saturated rings. The highest BCUT2D eigenvalue weighted by atomic mass is 16.4. The number of carbonyl (C=O) groups is 2. The number of carbonyl (C=O) groups excluding carboxylic acids is 1. The molecule has 19 heavy (non-hydrogen) atoms. The first-order valence-corrected chi connectivity index (χ1v) is 7.24. The Bertz CT molecular complexity index is 342. The molecule has 5 nitrogen and oxygen atoms in total. The average Bonchev–Trinajstić information content (AvgIpc) is 3.09. The van der Waals surface area contributed by atoms with Crippen LogP contribution < -0.4 is 5.32 Å². The molecule has 1 aliphatic heterocycles. The van der Waals surface area contributed by atoms with Gasteiger partial charge in [-0.15, -0.1) is 0 Å². The van der Waals surface area contributed by atoms with E-state index in [1.54, 1.807) is 6.92 Å². The molecule has 1 saturated carbocycles. The Balaban J connectivity index is 1.86. The number of carboxylic acids is 1. The normalized spacial score (nSPS) is 28.1. The standard InChI is InChI=1S/C14H24N2O3/c1-10(17)15-13-7-12(6-11-2-3-11)8-16(9-13)5-4-14(18)19/h11-13H,2-9H2,1H3,(H,15,17)(H,18,19). The van der Waals surface area contributed by atoms with Crippen LogP contribution in [-0.2, 0) is 9.59 Å². The zero-order valence-electron chi connectivity index (χ0n) is 11.6. The number of piperidine rings is 1. The van der Waals surface area contributed by atoms with Crippen molar-refractivity contribution in [2.75, 3.05) is 19.6 Å². The largest absolute Gasteiger partial charge is 0.481 e. The highest BCUT2D eigenvalue weighted by Crippen LogP contribution is 2.37. The SMILES string of the molecule is CC(=O)NC1CC(CC2CC2)CN(CCC(=O)O)C1. The Morgan fingerprint density at radius 3 is 2.58 bits per heavy atom. The molecular weight excluding hydrogens is 244 g/mol. The van der Waals surface area contributed by atoms with Gasteiger partial charge in [0, 0.05) is 32.6 Å². The maximum absolute atomic E-state index is 11.2. The molecule has 0 aromatic rings. The summed E-state index contributed by atoms with van der Waals surface area (Å²) in [5, 5.41) is 11.8. The van der Waals surface area contributed by atoms with Crippen molar-refractivity contribution in [2.24, 2.45) is 11.8 Å². The molecule has 0 aromatic heterocycles. The van der Waals surface area contributed by atoms with Crippen LogP contribution in [0.1, 0.15) is 39.0 Å². The van der Waals surface area contributed by atoms with E-state index in [-0.39, 0.29) is 18.4 Å². The quantitative estimate of drug-likeness (QED) is 0.756. The molecule has 1 heterocycles. The predicted octanol–water partition coefficient (Wildman–Crippen LogP) is 1.09. The van der Waals surface area contributed by atoms with E-state index in [9.17, 15) is 9.59 Å². The van der Waals surface area contributed by atoms with Gasteiger partial charge in [0.05, 0.1) is 6.42 Å². The van der Waals surface area contributed by atoms with Gasteiger partial charge in [0.1, 0.15) is 0 Å². The van der Waals surface area contributed by atoms with Crippen LogP contribution in [0.5, 0.6) is 0 Å². The first-order chi connectivity index (χ1) is 9.02. The van der Waals surface area contributed by atoms with Crippen LogP contribution in [0.15, 0.2) is 0 Å². The molecule has 2 N–H and O–H groups in total. The van der Waals surface area contributed by atoms with Crippen molar-refractivity contribution in [3.8, 4) is 0 Å². The summed E-state index contributed by atoms with van der Waals surface area (Å²) >= 11 is 0. The zero-order chi connectivity index (χ0) is 13.8. The van der Waals surface area contributed by atoms with Gasteiger partial charge in [-0.1, -0.05) is 12.8 Å². The van der Waals surface area contributed by atoms with E-state index in [4.69, 9.17) is 5.11 Å². The maximum atomic E-state index is 11.2. The molecule has 2 rings (SSSR count). The summed E-state index contributed by atoms with van der Waals surface area (Å²) in [6.07, 6.45) is 5.15. The van der Waals surface area contributed by atoms with Gasteiger partial charge >= 0.3 is 5.97 Å². The van der Waals surface area contributed by atoms with Crippen molar-refractivity contribution < 1.29 is 14.7 Å². The number of rotatable bonds is 6. The number of nitrogens with zero attached hydrogens (tertiary/aromatic N) is 1. The number of hydrogen-bond donors (Lipinski definition) is 2. The number of amides is 1. The molecule has 0 bridgehead atoms. The number of hydrogen-bond acceptors (Lipinski definition) is 3. The lowest BCUT2D eigenvalue weighted by Crippen LogP contribution is -2.50. The Kier molecular flexibility index (Phi) is 4.80. The summed E-state index contributed by atoms with van der Waals surface area (Å²) in [7, 11) is 0.